The number of hydrogen-bond donors (Lipinski definition) is 0. The molecule has 0 amide bonds. The van der Waals surface area contributed by atoms with Gasteiger partial charge in [0.1, 0.15) is 0 Å². The molecule has 0 bridgehead atoms. The van der Waals surface area contributed by atoms with E-state index in [1.807, 2.05) is 13.0 Å². The minimum atomic E-state index is -0.0686. The molecule has 0 aliphatic rings. The van der Waals surface area contributed by atoms with Crippen LogP contribution in [0.5, 0.6) is 0 Å². The van der Waals surface area contributed by atoms with Gasteiger partial charge >= 0.3 is 5.97 Å². The number of hydrogen-bond acceptors (Lipinski definition) is 2. The molecule has 0 saturated heterocycles. The van der Waals surface area contributed by atoms with Crippen LogP contribution in [0.1, 0.15) is 39.0 Å². The van der Waals surface area contributed by atoms with Crippen LogP contribution in [0.3, 0.4) is 0 Å². The first-order valence-electron chi connectivity index (χ1n) is 4.57. The van der Waals surface area contributed by atoms with Gasteiger partial charge in [-0.3, -0.25) is 4.79 Å². The third-order valence-corrected chi connectivity index (χ3v) is 1.51. The number of allylic oxidation sites excluding steroid dienone is 1. The van der Waals surface area contributed by atoms with Crippen molar-refractivity contribution in [3.63, 3.8) is 0 Å². The van der Waals surface area contributed by atoms with Crippen molar-refractivity contribution in [3.8, 4) is 0 Å². The van der Waals surface area contributed by atoms with Gasteiger partial charge in [-0.05, 0) is 25.7 Å². The van der Waals surface area contributed by atoms with Crippen molar-refractivity contribution in [1.29, 1.82) is 0 Å². The fourth-order valence-corrected chi connectivity index (χ4v) is 0.846. The number of unbranched alkanes of at least 4 members (excludes halogenated alkanes) is 2. The lowest BCUT2D eigenvalue weighted by Crippen LogP contribution is -2.04. The number of carbonyl (C=O) groups excluding carboxylic acids is 1. The van der Waals surface area contributed by atoms with Gasteiger partial charge in [-0.15, -0.1) is 6.58 Å². The van der Waals surface area contributed by atoms with Crippen LogP contribution in [0.15, 0.2) is 12.7 Å². The Balaban J connectivity index is 3.13. The van der Waals surface area contributed by atoms with E-state index in [9.17, 15) is 4.79 Å². The maximum absolute atomic E-state index is 10.9. The SMILES string of the molecule is C=CCCCCC(=O)OCCC. The summed E-state index contributed by atoms with van der Waals surface area (Å²) in [5.41, 5.74) is 0. The van der Waals surface area contributed by atoms with Gasteiger partial charge in [0.15, 0.2) is 0 Å². The van der Waals surface area contributed by atoms with Crippen molar-refractivity contribution < 1.29 is 9.53 Å². The van der Waals surface area contributed by atoms with Crippen LogP contribution in [-0.4, -0.2) is 12.6 Å². The zero-order chi connectivity index (χ0) is 9.23. The first kappa shape index (κ1) is 11.2. The highest BCUT2D eigenvalue weighted by Crippen LogP contribution is 2.01. The highest BCUT2D eigenvalue weighted by molar-refractivity contribution is 5.69. The van der Waals surface area contributed by atoms with Gasteiger partial charge < -0.3 is 4.74 Å². The van der Waals surface area contributed by atoms with Crippen LogP contribution < -0.4 is 0 Å². The molecule has 70 valence electrons. The summed E-state index contributed by atoms with van der Waals surface area (Å²) in [5, 5.41) is 0. The third kappa shape index (κ3) is 7.32. The smallest absolute Gasteiger partial charge is 0.305 e. The molecule has 0 aromatic heterocycles. The van der Waals surface area contributed by atoms with E-state index in [2.05, 4.69) is 6.58 Å². The maximum Gasteiger partial charge on any atom is 0.305 e. The van der Waals surface area contributed by atoms with Gasteiger partial charge in [-0.2, -0.15) is 0 Å². The zero-order valence-electron chi connectivity index (χ0n) is 7.84. The fraction of sp³-hybridized carbons (Fsp3) is 0.700. The molecule has 0 aromatic rings. The molecule has 0 aliphatic carbocycles. The quantitative estimate of drug-likeness (QED) is 0.333. The van der Waals surface area contributed by atoms with Gasteiger partial charge in [0.05, 0.1) is 6.61 Å². The van der Waals surface area contributed by atoms with Crippen LogP contribution >= 0.6 is 0 Å². The number of esters is 1. The van der Waals surface area contributed by atoms with E-state index in [-0.39, 0.29) is 5.97 Å². The van der Waals surface area contributed by atoms with Gasteiger partial charge in [0.25, 0.3) is 0 Å². The van der Waals surface area contributed by atoms with Crippen molar-refractivity contribution in [3.05, 3.63) is 12.7 Å². The lowest BCUT2D eigenvalue weighted by molar-refractivity contribution is -0.143. The van der Waals surface area contributed by atoms with E-state index in [0.717, 1.165) is 25.7 Å². The molecule has 0 unspecified atom stereocenters. The molecule has 2 nitrogen and oxygen atoms in total. The zero-order valence-corrected chi connectivity index (χ0v) is 7.84. The molecule has 0 heterocycles. The van der Waals surface area contributed by atoms with Crippen LogP contribution in [0.4, 0.5) is 0 Å². The van der Waals surface area contributed by atoms with E-state index in [1.54, 1.807) is 0 Å². The van der Waals surface area contributed by atoms with Crippen LogP contribution in [0.25, 0.3) is 0 Å². The van der Waals surface area contributed by atoms with Crippen LogP contribution in [0, 0.1) is 0 Å². The summed E-state index contributed by atoms with van der Waals surface area (Å²) in [4.78, 5) is 10.9. The standard InChI is InChI=1S/C10H18O2/c1-3-5-6-7-8-10(11)12-9-4-2/h3H,1,4-9H2,2H3. The monoisotopic (exact) mass is 170 g/mol. The molecule has 12 heavy (non-hydrogen) atoms. The minimum absolute atomic E-state index is 0.0686. The molecule has 0 saturated carbocycles. The molecule has 0 N–H and O–H groups in total. The summed E-state index contributed by atoms with van der Waals surface area (Å²) in [6.45, 7) is 6.16. The largest absolute Gasteiger partial charge is 0.466 e. The van der Waals surface area contributed by atoms with E-state index >= 15 is 0 Å². The molecule has 0 aromatic carbocycles. The van der Waals surface area contributed by atoms with Gasteiger partial charge in [0, 0.05) is 6.42 Å². The van der Waals surface area contributed by atoms with Crippen molar-refractivity contribution in [2.75, 3.05) is 6.61 Å². The second-order valence-electron chi connectivity index (χ2n) is 2.75. The average Bonchev–Trinajstić information content (AvgIpc) is 2.09. The summed E-state index contributed by atoms with van der Waals surface area (Å²) >= 11 is 0. The van der Waals surface area contributed by atoms with Gasteiger partial charge in [-0.25, -0.2) is 0 Å². The van der Waals surface area contributed by atoms with E-state index in [1.165, 1.54) is 0 Å². The van der Waals surface area contributed by atoms with Gasteiger partial charge in [-0.1, -0.05) is 13.0 Å². The number of ether oxygens (including phenoxy) is 1. The third-order valence-electron chi connectivity index (χ3n) is 1.51. The Morgan fingerprint density at radius 2 is 2.25 bits per heavy atom. The molecular formula is C10H18O2. The Labute approximate surface area is 74.6 Å². The fourth-order valence-electron chi connectivity index (χ4n) is 0.846. The lowest BCUT2D eigenvalue weighted by atomic mass is 10.2. The first-order valence-corrected chi connectivity index (χ1v) is 4.57. The van der Waals surface area contributed by atoms with Crippen molar-refractivity contribution >= 4 is 5.97 Å². The molecular weight excluding hydrogens is 152 g/mol. The Hall–Kier alpha value is -0.790. The van der Waals surface area contributed by atoms with Crippen LogP contribution in [0.2, 0.25) is 0 Å². The summed E-state index contributed by atoms with van der Waals surface area (Å²) in [6.07, 6.45) is 6.25. The van der Waals surface area contributed by atoms with Gasteiger partial charge in [0.2, 0.25) is 0 Å². The molecule has 0 aliphatic heterocycles. The Morgan fingerprint density at radius 3 is 2.83 bits per heavy atom. The highest BCUT2D eigenvalue weighted by Gasteiger charge is 1.99. The van der Waals surface area contributed by atoms with E-state index < -0.39 is 0 Å². The predicted octanol–water partition coefficient (Wildman–Crippen LogP) is 2.69. The Morgan fingerprint density at radius 1 is 1.50 bits per heavy atom. The topological polar surface area (TPSA) is 26.3 Å². The summed E-state index contributed by atoms with van der Waals surface area (Å²) in [7, 11) is 0. The van der Waals surface area contributed by atoms with Crippen molar-refractivity contribution in [2.24, 2.45) is 0 Å². The van der Waals surface area contributed by atoms with Crippen molar-refractivity contribution in [1.82, 2.24) is 0 Å². The highest BCUT2D eigenvalue weighted by atomic mass is 16.5. The lowest BCUT2D eigenvalue weighted by Gasteiger charge is -2.01. The Bertz CT molecular complexity index is 130. The molecule has 0 atom stereocenters. The predicted molar refractivity (Wildman–Crippen MR) is 49.9 cm³/mol. The van der Waals surface area contributed by atoms with Crippen molar-refractivity contribution in [2.45, 2.75) is 39.0 Å². The minimum Gasteiger partial charge on any atom is -0.466 e. The second-order valence-corrected chi connectivity index (χ2v) is 2.75. The molecule has 2 heteroatoms. The number of carbonyl (C=O) groups is 1. The summed E-state index contributed by atoms with van der Waals surface area (Å²) in [6, 6.07) is 0. The first-order chi connectivity index (χ1) is 5.81. The average molecular weight is 170 g/mol. The van der Waals surface area contributed by atoms with Crippen LogP contribution in [-0.2, 0) is 9.53 Å². The normalized spacial score (nSPS) is 9.42. The van der Waals surface area contributed by atoms with E-state index in [4.69, 9.17) is 4.74 Å². The number of rotatable bonds is 7. The van der Waals surface area contributed by atoms with E-state index in [0.29, 0.717) is 13.0 Å². The molecule has 0 radical (unpaired) electrons. The molecule has 0 fully saturated rings. The summed E-state index contributed by atoms with van der Waals surface area (Å²) in [5.74, 6) is -0.0686. The second kappa shape index (κ2) is 8.31. The summed E-state index contributed by atoms with van der Waals surface area (Å²) < 4.78 is 4.91. The molecule has 0 rings (SSSR count). The maximum atomic E-state index is 10.9. The molecule has 0 spiro atoms. The Kier molecular flexibility index (Phi) is 7.76.